The molecule has 0 aliphatic carbocycles. The normalized spacial score (nSPS) is 10.9. The van der Waals surface area contributed by atoms with Gasteiger partial charge in [-0.3, -0.25) is 0 Å². The summed E-state index contributed by atoms with van der Waals surface area (Å²) in [5.41, 5.74) is 2.26. The van der Waals surface area contributed by atoms with E-state index in [1.807, 2.05) is 123 Å². The third kappa shape index (κ3) is 5.68. The van der Waals surface area contributed by atoms with Gasteiger partial charge in [-0.05, 0) is 62.4 Å². The van der Waals surface area contributed by atoms with Crippen LogP contribution in [0.15, 0.2) is 109 Å². The molecule has 0 radical (unpaired) electrons. The Morgan fingerprint density at radius 1 is 0.387 bits per heavy atom. The Bertz CT molecular complexity index is 991. The van der Waals surface area contributed by atoms with Gasteiger partial charge >= 0.3 is 9.05 Å². The molecule has 0 aromatic heterocycles. The van der Waals surface area contributed by atoms with Crippen molar-refractivity contribution in [2.75, 3.05) is 0 Å². The summed E-state index contributed by atoms with van der Waals surface area (Å²) in [5, 5.41) is 0. The summed E-state index contributed by atoms with van der Waals surface area (Å²) in [7, 11) is -3.79. The fraction of sp³-hybridized carbons (Fsp3) is 0.0769. The lowest BCUT2D eigenvalue weighted by Gasteiger charge is -2.28. The lowest BCUT2D eigenvalue weighted by Crippen LogP contribution is -2.60. The van der Waals surface area contributed by atoms with Gasteiger partial charge in [-0.2, -0.15) is 0 Å². The highest BCUT2D eigenvalue weighted by molar-refractivity contribution is 6.57. The second-order valence-electron chi connectivity index (χ2n) is 7.16. The van der Waals surface area contributed by atoms with Gasteiger partial charge in [0.25, 0.3) is 0 Å². The van der Waals surface area contributed by atoms with Crippen molar-refractivity contribution in [1.82, 2.24) is 0 Å². The molecule has 156 valence electrons. The fourth-order valence-corrected chi connectivity index (χ4v) is 4.84. The predicted octanol–water partition coefficient (Wildman–Crippen LogP) is 6.35. The second-order valence-corrected chi connectivity index (χ2v) is 8.98. The molecule has 0 atom stereocenters. The zero-order chi connectivity index (χ0) is 21.5. The molecule has 31 heavy (non-hydrogen) atoms. The van der Waals surface area contributed by atoms with Crippen LogP contribution in [-0.4, -0.2) is 9.05 Å². The molecule has 0 aliphatic heterocycles. The first kappa shape index (κ1) is 20.6. The third-order valence-electron chi connectivity index (χ3n) is 4.50. The Morgan fingerprint density at radius 2 is 0.677 bits per heavy atom. The molecule has 4 nitrogen and oxygen atoms in total. The van der Waals surface area contributed by atoms with Gasteiger partial charge in [-0.1, -0.05) is 71.8 Å². The van der Waals surface area contributed by atoms with E-state index in [0.717, 1.165) is 11.1 Å². The van der Waals surface area contributed by atoms with E-state index in [0.29, 0.717) is 23.0 Å². The van der Waals surface area contributed by atoms with Crippen molar-refractivity contribution in [3.8, 4) is 23.0 Å². The Balaban J connectivity index is 1.76. The molecule has 0 saturated carbocycles. The van der Waals surface area contributed by atoms with E-state index >= 15 is 0 Å². The highest BCUT2D eigenvalue weighted by atomic mass is 28.4. The van der Waals surface area contributed by atoms with Crippen LogP contribution in [0.1, 0.15) is 11.1 Å². The maximum atomic E-state index is 6.37. The first-order valence-corrected chi connectivity index (χ1v) is 11.7. The molecule has 0 bridgehead atoms. The Hall–Kier alpha value is -3.70. The Morgan fingerprint density at radius 3 is 1.00 bits per heavy atom. The Kier molecular flexibility index (Phi) is 6.24. The average Bonchev–Trinajstić information content (AvgIpc) is 2.78. The molecule has 0 spiro atoms. The first-order valence-electron chi connectivity index (χ1n) is 10.1. The number of rotatable bonds is 8. The second kappa shape index (κ2) is 9.41. The van der Waals surface area contributed by atoms with Crippen molar-refractivity contribution in [2.24, 2.45) is 0 Å². The monoisotopic (exact) mass is 428 g/mol. The zero-order valence-corrected chi connectivity index (χ0v) is 18.5. The standard InChI is InChI=1S/C26H24O4Si/c1-21-13-17-25(18-14-21)29-31(27-23-9-5-3-6-10-23,28-24-11-7-4-8-12-24)30-26-19-15-22(2)16-20-26/h3-20H,1-2H3. The molecule has 5 heteroatoms. The van der Waals surface area contributed by atoms with Gasteiger partial charge in [0.15, 0.2) is 0 Å². The molecule has 0 N–H and O–H groups in total. The number of hydrogen-bond acceptors (Lipinski definition) is 4. The van der Waals surface area contributed by atoms with Gasteiger partial charge in [-0.25, -0.2) is 0 Å². The summed E-state index contributed by atoms with van der Waals surface area (Å²) in [6.45, 7) is 4.05. The van der Waals surface area contributed by atoms with E-state index in [1.54, 1.807) is 0 Å². The largest absolute Gasteiger partial charge is 0.966 e. The van der Waals surface area contributed by atoms with Gasteiger partial charge in [0.2, 0.25) is 0 Å². The van der Waals surface area contributed by atoms with Crippen LogP contribution in [0.3, 0.4) is 0 Å². The zero-order valence-electron chi connectivity index (χ0n) is 17.5. The van der Waals surface area contributed by atoms with Gasteiger partial charge in [0.1, 0.15) is 23.0 Å². The first-order chi connectivity index (χ1) is 15.1. The molecule has 4 aromatic carbocycles. The van der Waals surface area contributed by atoms with Crippen LogP contribution >= 0.6 is 0 Å². The maximum Gasteiger partial charge on any atom is 0.966 e. The van der Waals surface area contributed by atoms with Crippen LogP contribution in [0.2, 0.25) is 0 Å². The summed E-state index contributed by atoms with van der Waals surface area (Å²) in [6.07, 6.45) is 0. The van der Waals surface area contributed by atoms with E-state index in [1.165, 1.54) is 0 Å². The average molecular weight is 429 g/mol. The van der Waals surface area contributed by atoms with Gasteiger partial charge in [0.05, 0.1) is 0 Å². The molecule has 4 rings (SSSR count). The third-order valence-corrected chi connectivity index (χ3v) is 6.44. The van der Waals surface area contributed by atoms with E-state index in [2.05, 4.69) is 0 Å². The molecule has 0 amide bonds. The highest BCUT2D eigenvalue weighted by Gasteiger charge is 2.58. The van der Waals surface area contributed by atoms with Gasteiger partial charge < -0.3 is 17.7 Å². The number of para-hydroxylation sites is 2. The lowest BCUT2D eigenvalue weighted by molar-refractivity contribution is 0.161. The molecule has 0 fully saturated rings. The SMILES string of the molecule is Cc1ccc(O[Si](Oc2ccccc2)(Oc2ccccc2)Oc2ccc(C)cc2)cc1. The fourth-order valence-electron chi connectivity index (χ4n) is 2.89. The topological polar surface area (TPSA) is 36.9 Å². The molecular formula is C26H24O4Si. The Labute approximate surface area is 184 Å². The molecular weight excluding hydrogens is 404 g/mol. The summed E-state index contributed by atoms with van der Waals surface area (Å²) >= 11 is 0. The van der Waals surface area contributed by atoms with Gasteiger partial charge in [0, 0.05) is 0 Å². The maximum absolute atomic E-state index is 6.37. The van der Waals surface area contributed by atoms with Crippen LogP contribution in [-0.2, 0) is 0 Å². The van der Waals surface area contributed by atoms with Crippen LogP contribution in [0, 0.1) is 13.8 Å². The molecule has 0 saturated heterocycles. The smallest absolute Gasteiger partial charge is 0.452 e. The van der Waals surface area contributed by atoms with E-state index in [9.17, 15) is 0 Å². The van der Waals surface area contributed by atoms with Crippen molar-refractivity contribution >= 4 is 9.05 Å². The number of benzene rings is 4. The van der Waals surface area contributed by atoms with Crippen molar-refractivity contribution < 1.29 is 17.7 Å². The summed E-state index contributed by atoms with van der Waals surface area (Å²) in [6, 6.07) is 34.3. The number of aryl methyl sites for hydroxylation is 2. The minimum atomic E-state index is -3.79. The lowest BCUT2D eigenvalue weighted by atomic mass is 10.2. The molecule has 0 heterocycles. The number of hydrogen-bond donors (Lipinski definition) is 0. The van der Waals surface area contributed by atoms with Crippen LogP contribution in [0.25, 0.3) is 0 Å². The van der Waals surface area contributed by atoms with E-state index in [4.69, 9.17) is 17.7 Å². The highest BCUT2D eigenvalue weighted by Crippen LogP contribution is 2.27. The van der Waals surface area contributed by atoms with E-state index < -0.39 is 9.05 Å². The van der Waals surface area contributed by atoms with Crippen LogP contribution < -0.4 is 17.7 Å². The minimum absolute atomic E-state index is 0.601. The minimum Gasteiger partial charge on any atom is -0.452 e. The predicted molar refractivity (Wildman–Crippen MR) is 124 cm³/mol. The van der Waals surface area contributed by atoms with Crippen LogP contribution in [0.5, 0.6) is 23.0 Å². The van der Waals surface area contributed by atoms with E-state index in [-0.39, 0.29) is 0 Å². The van der Waals surface area contributed by atoms with Crippen molar-refractivity contribution in [1.29, 1.82) is 0 Å². The molecule has 0 unspecified atom stereocenters. The van der Waals surface area contributed by atoms with Gasteiger partial charge in [-0.15, -0.1) is 0 Å². The molecule has 4 aromatic rings. The summed E-state index contributed by atoms with van der Waals surface area (Å²) < 4.78 is 25.4. The van der Waals surface area contributed by atoms with Crippen molar-refractivity contribution in [3.05, 3.63) is 120 Å². The van der Waals surface area contributed by atoms with Crippen molar-refractivity contribution in [3.63, 3.8) is 0 Å². The quantitative estimate of drug-likeness (QED) is 0.306. The van der Waals surface area contributed by atoms with Crippen LogP contribution in [0.4, 0.5) is 0 Å². The summed E-state index contributed by atoms with van der Waals surface area (Å²) in [4.78, 5) is 0. The van der Waals surface area contributed by atoms with Crippen molar-refractivity contribution in [2.45, 2.75) is 13.8 Å². The molecule has 0 aliphatic rings. The summed E-state index contributed by atoms with van der Waals surface area (Å²) in [5.74, 6) is 2.42.